The van der Waals surface area contributed by atoms with Crippen LogP contribution >= 0.6 is 11.6 Å². The number of rotatable bonds is 6. The molecule has 0 radical (unpaired) electrons. The Kier molecular flexibility index (Phi) is 7.01. The molecule has 2 aromatic rings. The summed E-state index contributed by atoms with van der Waals surface area (Å²) in [7, 11) is 4.51. The fourth-order valence-corrected chi connectivity index (χ4v) is 2.34. The predicted molar refractivity (Wildman–Crippen MR) is 102 cm³/mol. The summed E-state index contributed by atoms with van der Waals surface area (Å²) in [5.41, 5.74) is 3.14. The number of nitrogens with zero attached hydrogens (tertiary/aromatic N) is 1. The van der Waals surface area contributed by atoms with E-state index in [0.717, 1.165) is 0 Å². The van der Waals surface area contributed by atoms with E-state index < -0.39 is 11.8 Å². The van der Waals surface area contributed by atoms with E-state index >= 15 is 0 Å². The van der Waals surface area contributed by atoms with Crippen LogP contribution in [0.4, 0.5) is 5.69 Å². The smallest absolute Gasteiger partial charge is 0.329 e. The van der Waals surface area contributed by atoms with Crippen LogP contribution in [0.5, 0.6) is 17.2 Å². The van der Waals surface area contributed by atoms with Gasteiger partial charge in [0, 0.05) is 5.69 Å². The van der Waals surface area contributed by atoms with E-state index in [0.29, 0.717) is 33.5 Å². The van der Waals surface area contributed by atoms with E-state index in [4.69, 9.17) is 25.8 Å². The van der Waals surface area contributed by atoms with Gasteiger partial charge in [-0.2, -0.15) is 5.10 Å². The molecule has 2 rings (SSSR count). The van der Waals surface area contributed by atoms with E-state index in [2.05, 4.69) is 15.8 Å². The van der Waals surface area contributed by atoms with Gasteiger partial charge in [0.05, 0.1) is 32.6 Å². The molecule has 0 saturated heterocycles. The van der Waals surface area contributed by atoms with Gasteiger partial charge >= 0.3 is 11.8 Å². The molecule has 0 aliphatic heterocycles. The van der Waals surface area contributed by atoms with Crippen LogP contribution in [-0.2, 0) is 9.59 Å². The van der Waals surface area contributed by atoms with Crippen molar-refractivity contribution in [2.75, 3.05) is 26.6 Å². The van der Waals surface area contributed by atoms with Gasteiger partial charge in [0.15, 0.2) is 11.5 Å². The van der Waals surface area contributed by atoms with Crippen LogP contribution in [0.2, 0.25) is 5.02 Å². The normalized spacial score (nSPS) is 10.4. The Morgan fingerprint density at radius 2 is 1.59 bits per heavy atom. The fourth-order valence-electron chi connectivity index (χ4n) is 2.08. The minimum absolute atomic E-state index is 0.308. The summed E-state index contributed by atoms with van der Waals surface area (Å²) in [6.07, 6.45) is 1.37. The molecule has 0 fully saturated rings. The number of hydrogen-bond acceptors (Lipinski definition) is 6. The van der Waals surface area contributed by atoms with Crippen LogP contribution in [0.25, 0.3) is 0 Å². The summed E-state index contributed by atoms with van der Waals surface area (Å²) in [6, 6.07) is 9.69. The molecule has 0 spiro atoms. The average Bonchev–Trinajstić information content (AvgIpc) is 2.67. The maximum absolute atomic E-state index is 11.9. The zero-order chi connectivity index (χ0) is 19.8. The van der Waals surface area contributed by atoms with E-state index in [-0.39, 0.29) is 0 Å². The number of carbonyl (C=O) groups is 2. The first kappa shape index (κ1) is 20.1. The fraction of sp³-hybridized carbons (Fsp3) is 0.167. The quantitative estimate of drug-likeness (QED) is 0.447. The third-order valence-electron chi connectivity index (χ3n) is 3.40. The highest BCUT2D eigenvalue weighted by atomic mass is 35.5. The van der Waals surface area contributed by atoms with Crippen LogP contribution in [-0.4, -0.2) is 39.4 Å². The lowest BCUT2D eigenvalue weighted by atomic mass is 10.2. The van der Waals surface area contributed by atoms with Crippen molar-refractivity contribution in [3.8, 4) is 17.2 Å². The second-order valence-corrected chi connectivity index (χ2v) is 5.52. The van der Waals surface area contributed by atoms with Crippen molar-refractivity contribution >= 4 is 35.3 Å². The molecule has 0 bridgehead atoms. The van der Waals surface area contributed by atoms with E-state index in [1.807, 2.05) is 0 Å². The Morgan fingerprint density at radius 1 is 0.926 bits per heavy atom. The number of hydrazone groups is 1. The highest BCUT2D eigenvalue weighted by Crippen LogP contribution is 2.27. The first-order valence-corrected chi connectivity index (χ1v) is 8.06. The van der Waals surface area contributed by atoms with Crippen molar-refractivity contribution in [3.05, 3.63) is 47.0 Å². The van der Waals surface area contributed by atoms with Gasteiger partial charge in [0.2, 0.25) is 0 Å². The predicted octanol–water partition coefficient (Wildman–Crippen LogP) is 2.45. The molecule has 9 heteroatoms. The monoisotopic (exact) mass is 391 g/mol. The summed E-state index contributed by atoms with van der Waals surface area (Å²) in [6.45, 7) is 0. The Labute approximate surface area is 161 Å². The largest absolute Gasteiger partial charge is 0.495 e. The molecule has 2 amide bonds. The third kappa shape index (κ3) is 5.35. The molecular formula is C18H18ClN3O5. The van der Waals surface area contributed by atoms with Gasteiger partial charge in [-0.1, -0.05) is 11.6 Å². The van der Waals surface area contributed by atoms with E-state index in [1.54, 1.807) is 30.3 Å². The topological polar surface area (TPSA) is 98.2 Å². The molecule has 0 atom stereocenters. The van der Waals surface area contributed by atoms with Crippen molar-refractivity contribution in [1.29, 1.82) is 0 Å². The molecular weight excluding hydrogens is 374 g/mol. The molecule has 27 heavy (non-hydrogen) atoms. The number of hydrogen-bond donors (Lipinski definition) is 2. The van der Waals surface area contributed by atoms with Gasteiger partial charge in [-0.05, 0) is 42.0 Å². The molecule has 142 valence electrons. The number of methoxy groups -OCH3 is 3. The molecule has 0 unspecified atom stereocenters. The number of nitrogens with one attached hydrogen (secondary N) is 2. The Hall–Kier alpha value is -3.26. The van der Waals surface area contributed by atoms with Gasteiger partial charge in [-0.25, -0.2) is 5.43 Å². The van der Waals surface area contributed by atoms with Crippen LogP contribution in [0.3, 0.4) is 0 Å². The Bertz CT molecular complexity index is 870. The van der Waals surface area contributed by atoms with Crippen molar-refractivity contribution in [2.24, 2.45) is 5.10 Å². The summed E-state index contributed by atoms with van der Waals surface area (Å²) in [4.78, 5) is 23.7. The van der Waals surface area contributed by atoms with Crippen molar-refractivity contribution in [1.82, 2.24) is 5.43 Å². The summed E-state index contributed by atoms with van der Waals surface area (Å²) in [5.74, 6) is -0.281. The summed E-state index contributed by atoms with van der Waals surface area (Å²) >= 11 is 5.97. The van der Waals surface area contributed by atoms with Crippen LogP contribution < -0.4 is 25.0 Å². The van der Waals surface area contributed by atoms with Gasteiger partial charge in [0.1, 0.15) is 5.75 Å². The molecule has 2 N–H and O–H groups in total. The van der Waals surface area contributed by atoms with Gasteiger partial charge in [-0.15, -0.1) is 0 Å². The van der Waals surface area contributed by atoms with E-state index in [1.165, 1.54) is 33.6 Å². The van der Waals surface area contributed by atoms with E-state index in [9.17, 15) is 9.59 Å². The Morgan fingerprint density at radius 3 is 2.22 bits per heavy atom. The lowest BCUT2D eigenvalue weighted by molar-refractivity contribution is -0.136. The van der Waals surface area contributed by atoms with Crippen LogP contribution in [0, 0.1) is 0 Å². The minimum atomic E-state index is -0.932. The highest BCUT2D eigenvalue weighted by molar-refractivity contribution is 6.40. The average molecular weight is 392 g/mol. The second kappa shape index (κ2) is 9.44. The van der Waals surface area contributed by atoms with Crippen molar-refractivity contribution < 1.29 is 23.8 Å². The number of benzene rings is 2. The van der Waals surface area contributed by atoms with Gasteiger partial charge in [0.25, 0.3) is 0 Å². The second-order valence-electron chi connectivity index (χ2n) is 5.12. The lowest BCUT2D eigenvalue weighted by Gasteiger charge is -2.08. The summed E-state index contributed by atoms with van der Waals surface area (Å²) < 4.78 is 15.3. The number of carbonyl (C=O) groups excluding carboxylic acids is 2. The van der Waals surface area contributed by atoms with Gasteiger partial charge < -0.3 is 19.5 Å². The molecule has 8 nitrogen and oxygen atoms in total. The zero-order valence-electron chi connectivity index (χ0n) is 14.9. The number of amides is 2. The highest BCUT2D eigenvalue weighted by Gasteiger charge is 2.14. The van der Waals surface area contributed by atoms with Crippen LogP contribution in [0.1, 0.15) is 5.56 Å². The maximum atomic E-state index is 11.9. The maximum Gasteiger partial charge on any atom is 0.329 e. The standard InChI is InChI=1S/C18H18ClN3O5/c1-25-14-7-5-12(9-13(14)19)21-17(23)18(24)22-20-10-11-4-6-15(26-2)16(8-11)27-3/h4-10H,1-3H3,(H,21,23)(H,22,24)/b20-10-. The Balaban J connectivity index is 1.95. The number of halogens is 1. The lowest BCUT2D eigenvalue weighted by Crippen LogP contribution is -2.32. The van der Waals surface area contributed by atoms with Crippen LogP contribution in [0.15, 0.2) is 41.5 Å². The molecule has 2 aromatic carbocycles. The zero-order valence-corrected chi connectivity index (χ0v) is 15.7. The van der Waals surface area contributed by atoms with Gasteiger partial charge in [-0.3, -0.25) is 9.59 Å². The molecule has 0 saturated carbocycles. The number of ether oxygens (including phenoxy) is 3. The first-order valence-electron chi connectivity index (χ1n) is 7.68. The molecule has 0 heterocycles. The van der Waals surface area contributed by atoms with Crippen molar-refractivity contribution in [2.45, 2.75) is 0 Å². The summed E-state index contributed by atoms with van der Waals surface area (Å²) in [5, 5.41) is 6.47. The molecule has 0 aliphatic carbocycles. The molecule has 0 aliphatic rings. The SMILES string of the molecule is COc1ccc(NC(=O)C(=O)N/N=C\c2ccc(OC)c(OC)c2)cc1Cl. The minimum Gasteiger partial charge on any atom is -0.495 e. The third-order valence-corrected chi connectivity index (χ3v) is 3.70. The number of anilines is 1. The van der Waals surface area contributed by atoms with Crippen molar-refractivity contribution in [3.63, 3.8) is 0 Å². The molecule has 0 aromatic heterocycles. The first-order chi connectivity index (χ1) is 13.0.